The van der Waals surface area contributed by atoms with Gasteiger partial charge in [-0.05, 0) is 31.2 Å². The molecule has 1 aliphatic rings. The molecular weight excluding hydrogens is 270 g/mol. The van der Waals surface area contributed by atoms with Crippen molar-refractivity contribution >= 4 is 16.5 Å². The topological polar surface area (TPSA) is 37.4 Å². The summed E-state index contributed by atoms with van der Waals surface area (Å²) in [7, 11) is 3.89. The SMILES string of the molecule is CCCNCc1sc(N(C)CC2CC2C)nc1COC. The van der Waals surface area contributed by atoms with Gasteiger partial charge in [0.25, 0.3) is 0 Å². The van der Waals surface area contributed by atoms with Crippen LogP contribution in [0.1, 0.15) is 37.3 Å². The van der Waals surface area contributed by atoms with Crippen molar-refractivity contribution in [2.45, 2.75) is 39.8 Å². The predicted molar refractivity (Wildman–Crippen MR) is 85.4 cm³/mol. The normalized spacial score (nSPS) is 21.2. The molecule has 1 aromatic heterocycles. The van der Waals surface area contributed by atoms with Crippen LogP contribution >= 0.6 is 11.3 Å². The lowest BCUT2D eigenvalue weighted by Crippen LogP contribution is -2.20. The van der Waals surface area contributed by atoms with Gasteiger partial charge >= 0.3 is 0 Å². The minimum absolute atomic E-state index is 0.604. The summed E-state index contributed by atoms with van der Waals surface area (Å²) in [6.07, 6.45) is 2.52. The van der Waals surface area contributed by atoms with E-state index in [4.69, 9.17) is 9.72 Å². The number of rotatable bonds is 9. The molecule has 0 amide bonds. The van der Waals surface area contributed by atoms with Gasteiger partial charge in [-0.2, -0.15) is 0 Å². The van der Waals surface area contributed by atoms with Crippen molar-refractivity contribution in [3.05, 3.63) is 10.6 Å². The quantitative estimate of drug-likeness (QED) is 0.711. The zero-order valence-electron chi connectivity index (χ0n) is 13.1. The molecule has 0 aromatic carbocycles. The maximum absolute atomic E-state index is 5.28. The van der Waals surface area contributed by atoms with Crippen LogP contribution in [0.25, 0.3) is 0 Å². The molecule has 0 spiro atoms. The molecule has 1 fully saturated rings. The summed E-state index contributed by atoms with van der Waals surface area (Å²) in [5.74, 6) is 1.75. The molecular formula is C15H27N3OS. The smallest absolute Gasteiger partial charge is 0.185 e. The summed E-state index contributed by atoms with van der Waals surface area (Å²) in [4.78, 5) is 8.38. The number of methoxy groups -OCH3 is 1. The van der Waals surface area contributed by atoms with Gasteiger partial charge in [0.1, 0.15) is 0 Å². The van der Waals surface area contributed by atoms with Crippen LogP contribution in [0.4, 0.5) is 5.13 Å². The predicted octanol–water partition coefficient (Wildman–Crippen LogP) is 2.88. The number of aromatic nitrogens is 1. The lowest BCUT2D eigenvalue weighted by molar-refractivity contribution is 0.181. The fourth-order valence-electron chi connectivity index (χ4n) is 2.38. The second-order valence-electron chi connectivity index (χ2n) is 5.83. The van der Waals surface area contributed by atoms with E-state index in [1.165, 1.54) is 11.3 Å². The molecule has 20 heavy (non-hydrogen) atoms. The number of thiazole rings is 1. The van der Waals surface area contributed by atoms with Crippen molar-refractivity contribution in [2.75, 3.05) is 32.1 Å². The fourth-order valence-corrected chi connectivity index (χ4v) is 3.39. The zero-order valence-corrected chi connectivity index (χ0v) is 13.9. The maximum Gasteiger partial charge on any atom is 0.185 e. The molecule has 0 bridgehead atoms. The average Bonchev–Trinajstić information content (AvgIpc) is 2.96. The molecule has 1 aromatic rings. The van der Waals surface area contributed by atoms with E-state index in [9.17, 15) is 0 Å². The van der Waals surface area contributed by atoms with E-state index in [2.05, 4.69) is 31.1 Å². The van der Waals surface area contributed by atoms with Gasteiger partial charge in [-0.25, -0.2) is 4.98 Å². The first-order valence-corrected chi connectivity index (χ1v) is 8.36. The van der Waals surface area contributed by atoms with Crippen LogP contribution in [0.2, 0.25) is 0 Å². The molecule has 1 N–H and O–H groups in total. The summed E-state index contributed by atoms with van der Waals surface area (Å²) in [6, 6.07) is 0. The first-order chi connectivity index (χ1) is 9.65. The Morgan fingerprint density at radius 1 is 1.50 bits per heavy atom. The number of anilines is 1. The third kappa shape index (κ3) is 4.17. The van der Waals surface area contributed by atoms with Gasteiger partial charge in [-0.1, -0.05) is 13.8 Å². The molecule has 4 nitrogen and oxygen atoms in total. The van der Waals surface area contributed by atoms with Crippen LogP contribution in [0.5, 0.6) is 0 Å². The van der Waals surface area contributed by atoms with Crippen molar-refractivity contribution in [2.24, 2.45) is 11.8 Å². The Morgan fingerprint density at radius 3 is 2.85 bits per heavy atom. The van der Waals surface area contributed by atoms with Gasteiger partial charge < -0.3 is 15.0 Å². The average molecular weight is 297 g/mol. The highest BCUT2D eigenvalue weighted by molar-refractivity contribution is 7.15. The Labute approximate surface area is 126 Å². The van der Waals surface area contributed by atoms with Crippen molar-refractivity contribution in [3.63, 3.8) is 0 Å². The van der Waals surface area contributed by atoms with Crippen molar-refractivity contribution in [1.29, 1.82) is 0 Å². The number of nitrogens with one attached hydrogen (secondary N) is 1. The monoisotopic (exact) mass is 297 g/mol. The van der Waals surface area contributed by atoms with E-state index >= 15 is 0 Å². The van der Waals surface area contributed by atoms with Crippen LogP contribution in [-0.2, 0) is 17.9 Å². The summed E-state index contributed by atoms with van der Waals surface area (Å²) < 4.78 is 5.28. The van der Waals surface area contributed by atoms with Gasteiger partial charge in [-0.3, -0.25) is 0 Å². The summed E-state index contributed by atoms with van der Waals surface area (Å²) in [6.45, 7) is 8.20. The molecule has 2 atom stereocenters. The van der Waals surface area contributed by atoms with E-state index in [-0.39, 0.29) is 0 Å². The first kappa shape index (κ1) is 15.7. The van der Waals surface area contributed by atoms with Crippen molar-refractivity contribution in [1.82, 2.24) is 10.3 Å². The molecule has 114 valence electrons. The van der Waals surface area contributed by atoms with E-state index < -0.39 is 0 Å². The van der Waals surface area contributed by atoms with E-state index in [0.29, 0.717) is 6.61 Å². The minimum atomic E-state index is 0.604. The molecule has 0 radical (unpaired) electrons. The summed E-state index contributed by atoms with van der Waals surface area (Å²) in [5, 5.41) is 4.59. The zero-order chi connectivity index (χ0) is 14.5. The number of hydrogen-bond acceptors (Lipinski definition) is 5. The molecule has 1 aliphatic carbocycles. The molecule has 0 saturated heterocycles. The van der Waals surface area contributed by atoms with Gasteiger partial charge in [-0.15, -0.1) is 11.3 Å². The van der Waals surface area contributed by atoms with Gasteiger partial charge in [0, 0.05) is 32.1 Å². The molecule has 2 rings (SSSR count). The Morgan fingerprint density at radius 2 is 2.25 bits per heavy atom. The highest BCUT2D eigenvalue weighted by Crippen LogP contribution is 2.39. The molecule has 0 aliphatic heterocycles. The summed E-state index contributed by atoms with van der Waals surface area (Å²) >= 11 is 1.80. The highest BCUT2D eigenvalue weighted by atomic mass is 32.1. The Bertz CT molecular complexity index is 421. The van der Waals surface area contributed by atoms with Crippen molar-refractivity contribution < 1.29 is 4.74 Å². The third-order valence-electron chi connectivity index (χ3n) is 3.87. The Balaban J connectivity index is 1.98. The molecule has 1 saturated carbocycles. The fraction of sp³-hybridized carbons (Fsp3) is 0.800. The number of ether oxygens (including phenoxy) is 1. The van der Waals surface area contributed by atoms with Gasteiger partial charge in [0.15, 0.2) is 5.13 Å². The Kier molecular flexibility index (Phi) is 5.81. The van der Waals surface area contributed by atoms with Crippen LogP contribution in [0.3, 0.4) is 0 Å². The number of hydrogen-bond donors (Lipinski definition) is 1. The first-order valence-electron chi connectivity index (χ1n) is 7.55. The second-order valence-corrected chi connectivity index (χ2v) is 6.89. The maximum atomic E-state index is 5.28. The lowest BCUT2D eigenvalue weighted by atomic mass is 10.3. The largest absolute Gasteiger partial charge is 0.378 e. The molecule has 2 unspecified atom stereocenters. The molecule has 1 heterocycles. The van der Waals surface area contributed by atoms with E-state index in [0.717, 1.165) is 48.7 Å². The lowest BCUT2D eigenvalue weighted by Gasteiger charge is -2.15. The van der Waals surface area contributed by atoms with Crippen LogP contribution in [0.15, 0.2) is 0 Å². The summed E-state index contributed by atoms with van der Waals surface area (Å²) in [5.41, 5.74) is 1.09. The minimum Gasteiger partial charge on any atom is -0.378 e. The Hall–Kier alpha value is -0.650. The molecule has 5 heteroatoms. The van der Waals surface area contributed by atoms with Crippen LogP contribution < -0.4 is 10.2 Å². The number of nitrogens with zero attached hydrogens (tertiary/aromatic N) is 2. The highest BCUT2D eigenvalue weighted by Gasteiger charge is 2.33. The van der Waals surface area contributed by atoms with Crippen molar-refractivity contribution in [3.8, 4) is 0 Å². The standard InChI is InChI=1S/C15H27N3OS/c1-5-6-16-8-14-13(10-19-4)17-15(20-14)18(3)9-12-7-11(12)2/h11-12,16H,5-10H2,1-4H3. The van der Waals surface area contributed by atoms with E-state index in [1.807, 2.05) is 0 Å². The van der Waals surface area contributed by atoms with Crippen LogP contribution in [0, 0.1) is 11.8 Å². The van der Waals surface area contributed by atoms with E-state index in [1.54, 1.807) is 18.4 Å². The second kappa shape index (κ2) is 7.38. The van der Waals surface area contributed by atoms with Gasteiger partial charge in [0.2, 0.25) is 0 Å². The van der Waals surface area contributed by atoms with Crippen LogP contribution in [-0.4, -0.2) is 32.2 Å². The van der Waals surface area contributed by atoms with Gasteiger partial charge in [0.05, 0.1) is 12.3 Å². The third-order valence-corrected chi connectivity index (χ3v) is 5.08.